The van der Waals surface area contributed by atoms with Crippen LogP contribution in [-0.2, 0) is 14.3 Å². The first-order chi connectivity index (χ1) is 16.5. The van der Waals surface area contributed by atoms with Crippen LogP contribution in [0, 0.1) is 19.8 Å². The highest BCUT2D eigenvalue weighted by atomic mass is 16.6. The van der Waals surface area contributed by atoms with Gasteiger partial charge in [-0.05, 0) is 104 Å². The molecule has 2 N–H and O–H groups in total. The highest BCUT2D eigenvalue weighted by Crippen LogP contribution is 2.35. The second-order valence-electron chi connectivity index (χ2n) is 12.6. The largest absolute Gasteiger partial charge is 0.444 e. The topological polar surface area (TPSA) is 87.7 Å². The summed E-state index contributed by atoms with van der Waals surface area (Å²) in [7, 11) is 0. The Hall–Kier alpha value is -2.57. The monoisotopic (exact) mass is 501 g/mol. The third-order valence-electron chi connectivity index (χ3n) is 6.29. The van der Waals surface area contributed by atoms with E-state index in [2.05, 4.69) is 10.6 Å². The highest BCUT2D eigenvalue weighted by molar-refractivity contribution is 5.92. The molecule has 0 radical (unpaired) electrons. The van der Waals surface area contributed by atoms with Crippen molar-refractivity contribution < 1.29 is 19.1 Å². The number of nitrogens with zero attached hydrogens (tertiary/aromatic N) is 1. The van der Waals surface area contributed by atoms with Crippen molar-refractivity contribution in [2.45, 2.75) is 124 Å². The Labute approximate surface area is 217 Å². The molecule has 1 saturated carbocycles. The van der Waals surface area contributed by atoms with Gasteiger partial charge in [-0.25, -0.2) is 4.79 Å². The molecule has 2 unspecified atom stereocenters. The number of ether oxygens (including phenoxy) is 1. The van der Waals surface area contributed by atoms with Crippen LogP contribution in [0.15, 0.2) is 18.2 Å². The lowest BCUT2D eigenvalue weighted by molar-refractivity contribution is -0.148. The Kier molecular flexibility index (Phi) is 9.60. The average Bonchev–Trinajstić information content (AvgIpc) is 2.64. The maximum absolute atomic E-state index is 14.2. The van der Waals surface area contributed by atoms with Gasteiger partial charge in [0.1, 0.15) is 17.7 Å². The number of benzene rings is 1. The van der Waals surface area contributed by atoms with Crippen LogP contribution in [0.4, 0.5) is 4.79 Å². The molecule has 7 nitrogen and oxygen atoms in total. The smallest absolute Gasteiger partial charge is 0.408 e. The van der Waals surface area contributed by atoms with Gasteiger partial charge in [0.05, 0.1) is 0 Å². The molecular weight excluding hydrogens is 454 g/mol. The fourth-order valence-corrected chi connectivity index (χ4v) is 4.32. The van der Waals surface area contributed by atoms with Crippen LogP contribution in [0.25, 0.3) is 0 Å². The van der Waals surface area contributed by atoms with Crippen molar-refractivity contribution in [2.75, 3.05) is 0 Å². The zero-order chi connectivity index (χ0) is 27.4. The summed E-state index contributed by atoms with van der Waals surface area (Å²) in [4.78, 5) is 42.4. The molecule has 0 spiro atoms. The lowest BCUT2D eigenvalue weighted by atomic mass is 9.87. The summed E-state index contributed by atoms with van der Waals surface area (Å²) in [5.41, 5.74) is 1.82. The van der Waals surface area contributed by atoms with Gasteiger partial charge in [0, 0.05) is 11.6 Å². The van der Waals surface area contributed by atoms with Gasteiger partial charge < -0.3 is 20.3 Å². The SMILES string of the molecule is Cc1ccc(C(C(=O)NC(C)(C)C)N(C(=O)C(CC(C)C)NC(=O)OC(C)(C)C)C2CCC2)cc1C. The molecule has 3 amide bonds. The number of amides is 3. The second kappa shape index (κ2) is 11.7. The Morgan fingerprint density at radius 2 is 1.64 bits per heavy atom. The molecule has 1 aliphatic rings. The number of carbonyl (C=O) groups excluding carboxylic acids is 3. The molecule has 202 valence electrons. The summed E-state index contributed by atoms with van der Waals surface area (Å²) in [6, 6.07) is 4.28. The van der Waals surface area contributed by atoms with Crippen LogP contribution in [0.1, 0.15) is 104 Å². The normalized spacial score (nSPS) is 16.1. The molecule has 1 aromatic rings. The van der Waals surface area contributed by atoms with E-state index in [0.29, 0.717) is 6.42 Å². The van der Waals surface area contributed by atoms with E-state index >= 15 is 0 Å². The first kappa shape index (κ1) is 29.7. The standard InChI is InChI=1S/C29H47N3O4/c1-18(2)16-23(30-27(35)36-29(8,9)10)26(34)32(22-12-11-13-22)24(25(33)31-28(5,6)7)21-15-14-19(3)20(4)17-21/h14-15,17-18,22-24H,11-13,16H2,1-10H3,(H,30,35)(H,31,33). The molecule has 1 fully saturated rings. The maximum atomic E-state index is 14.2. The van der Waals surface area contributed by atoms with Gasteiger partial charge in [-0.15, -0.1) is 0 Å². The lowest BCUT2D eigenvalue weighted by Gasteiger charge is -2.44. The van der Waals surface area contributed by atoms with Gasteiger partial charge >= 0.3 is 6.09 Å². The Morgan fingerprint density at radius 3 is 2.08 bits per heavy atom. The molecular formula is C29H47N3O4. The molecule has 36 heavy (non-hydrogen) atoms. The van der Waals surface area contributed by atoms with Crippen LogP contribution < -0.4 is 10.6 Å². The van der Waals surface area contributed by atoms with Gasteiger partial charge in [-0.2, -0.15) is 0 Å². The second-order valence-corrected chi connectivity index (χ2v) is 12.6. The van der Waals surface area contributed by atoms with Crippen LogP contribution >= 0.6 is 0 Å². The van der Waals surface area contributed by atoms with Crippen molar-refractivity contribution in [3.05, 3.63) is 34.9 Å². The minimum atomic E-state index is -0.795. The predicted octanol–water partition coefficient (Wildman–Crippen LogP) is 5.58. The minimum absolute atomic E-state index is 0.0649. The maximum Gasteiger partial charge on any atom is 0.408 e. The number of alkyl carbamates (subject to hydrolysis) is 1. The van der Waals surface area contributed by atoms with E-state index in [1.807, 2.05) is 66.7 Å². The van der Waals surface area contributed by atoms with E-state index in [9.17, 15) is 14.4 Å². The molecule has 7 heteroatoms. The van der Waals surface area contributed by atoms with Gasteiger partial charge in [0.2, 0.25) is 11.8 Å². The number of hydrogen-bond donors (Lipinski definition) is 2. The molecule has 0 aliphatic heterocycles. The fraction of sp³-hybridized carbons (Fsp3) is 0.690. The molecule has 0 saturated heterocycles. The first-order valence-electron chi connectivity index (χ1n) is 13.2. The Bertz CT molecular complexity index is 939. The van der Waals surface area contributed by atoms with Crippen molar-refractivity contribution in [3.8, 4) is 0 Å². The van der Waals surface area contributed by atoms with Crippen molar-refractivity contribution in [1.29, 1.82) is 0 Å². The van der Waals surface area contributed by atoms with E-state index in [0.717, 1.165) is 36.0 Å². The number of carbonyl (C=O) groups is 3. The molecule has 0 bridgehead atoms. The van der Waals surface area contributed by atoms with E-state index in [4.69, 9.17) is 4.74 Å². The van der Waals surface area contributed by atoms with Crippen LogP contribution in [0.5, 0.6) is 0 Å². The van der Waals surface area contributed by atoms with Crippen LogP contribution in [0.3, 0.4) is 0 Å². The summed E-state index contributed by atoms with van der Waals surface area (Å²) >= 11 is 0. The number of aryl methyl sites for hydroxylation is 2. The average molecular weight is 502 g/mol. The zero-order valence-electron chi connectivity index (χ0n) is 24.0. The number of nitrogens with one attached hydrogen (secondary N) is 2. The van der Waals surface area contributed by atoms with Gasteiger partial charge in [0.15, 0.2) is 0 Å². The van der Waals surface area contributed by atoms with Crippen molar-refractivity contribution in [2.24, 2.45) is 5.92 Å². The zero-order valence-corrected chi connectivity index (χ0v) is 24.0. The number of rotatable bonds is 8. The fourth-order valence-electron chi connectivity index (χ4n) is 4.32. The van der Waals surface area contributed by atoms with Gasteiger partial charge in [0.25, 0.3) is 0 Å². The van der Waals surface area contributed by atoms with Crippen LogP contribution in [-0.4, -0.2) is 46.0 Å². The lowest BCUT2D eigenvalue weighted by Crippen LogP contribution is -2.58. The van der Waals surface area contributed by atoms with E-state index in [1.165, 1.54) is 0 Å². The van der Waals surface area contributed by atoms with Crippen molar-refractivity contribution in [1.82, 2.24) is 15.5 Å². The summed E-state index contributed by atoms with van der Waals surface area (Å²) in [6.45, 7) is 19.2. The highest BCUT2D eigenvalue weighted by Gasteiger charge is 2.42. The minimum Gasteiger partial charge on any atom is -0.444 e. The molecule has 1 aromatic carbocycles. The van der Waals surface area contributed by atoms with Gasteiger partial charge in [-0.1, -0.05) is 32.0 Å². The van der Waals surface area contributed by atoms with E-state index in [1.54, 1.807) is 25.7 Å². The van der Waals surface area contributed by atoms with E-state index in [-0.39, 0.29) is 23.8 Å². The quantitative estimate of drug-likeness (QED) is 0.487. The molecule has 0 heterocycles. The van der Waals surface area contributed by atoms with Crippen LogP contribution in [0.2, 0.25) is 0 Å². The third kappa shape index (κ3) is 8.52. The molecule has 2 rings (SSSR count). The third-order valence-corrected chi connectivity index (χ3v) is 6.29. The van der Waals surface area contributed by atoms with E-state index < -0.39 is 29.3 Å². The summed E-state index contributed by atoms with van der Waals surface area (Å²) in [5.74, 6) is -0.307. The molecule has 0 aromatic heterocycles. The molecule has 2 atom stereocenters. The molecule has 1 aliphatic carbocycles. The predicted molar refractivity (Wildman–Crippen MR) is 144 cm³/mol. The Morgan fingerprint density at radius 1 is 1.03 bits per heavy atom. The first-order valence-corrected chi connectivity index (χ1v) is 13.2. The Balaban J connectivity index is 2.54. The van der Waals surface area contributed by atoms with Crippen molar-refractivity contribution in [3.63, 3.8) is 0 Å². The van der Waals surface area contributed by atoms with Gasteiger partial charge in [-0.3, -0.25) is 9.59 Å². The van der Waals surface area contributed by atoms with Crippen molar-refractivity contribution >= 4 is 17.9 Å². The summed E-state index contributed by atoms with van der Waals surface area (Å²) in [5, 5.41) is 5.92. The number of hydrogen-bond acceptors (Lipinski definition) is 4. The summed E-state index contributed by atoms with van der Waals surface area (Å²) in [6.07, 6.45) is 2.48. The summed E-state index contributed by atoms with van der Waals surface area (Å²) < 4.78 is 5.47.